The number of anilines is 1. The summed E-state index contributed by atoms with van der Waals surface area (Å²) in [6.07, 6.45) is 4.85. The van der Waals surface area contributed by atoms with E-state index >= 15 is 0 Å². The number of hydrogen-bond acceptors (Lipinski definition) is 3. The third-order valence-corrected chi connectivity index (χ3v) is 4.28. The molecule has 2 aliphatic heterocycles. The van der Waals surface area contributed by atoms with E-state index in [0.29, 0.717) is 18.5 Å². The molecular weight excluding hydrogens is 280 g/mol. The first-order chi connectivity index (χ1) is 10.7. The first kappa shape index (κ1) is 15.0. The Bertz CT molecular complexity index is 535. The molecule has 1 atom stereocenters. The standard InChI is InChI=1S/C17H22N2O3/c20-16-5-1-2-10-19(16)14-8-6-13(7-9-14)17(21)18-12-15-4-3-11-22-15/h6-9,15H,1-5,10-12H2,(H,18,21). The summed E-state index contributed by atoms with van der Waals surface area (Å²) in [5.41, 5.74) is 1.49. The highest BCUT2D eigenvalue weighted by atomic mass is 16.5. The quantitative estimate of drug-likeness (QED) is 0.926. The molecule has 0 saturated carbocycles. The van der Waals surface area contributed by atoms with Gasteiger partial charge in [0.15, 0.2) is 0 Å². The van der Waals surface area contributed by atoms with Crippen LogP contribution < -0.4 is 10.2 Å². The van der Waals surface area contributed by atoms with Crippen molar-refractivity contribution in [3.05, 3.63) is 29.8 Å². The van der Waals surface area contributed by atoms with Crippen LogP contribution in [0.3, 0.4) is 0 Å². The van der Waals surface area contributed by atoms with Crippen molar-refractivity contribution >= 4 is 17.5 Å². The van der Waals surface area contributed by atoms with E-state index in [1.807, 2.05) is 12.1 Å². The molecule has 5 nitrogen and oxygen atoms in total. The van der Waals surface area contributed by atoms with Gasteiger partial charge in [0.25, 0.3) is 5.91 Å². The van der Waals surface area contributed by atoms with E-state index in [-0.39, 0.29) is 17.9 Å². The minimum atomic E-state index is -0.0907. The molecule has 1 aromatic carbocycles. The van der Waals surface area contributed by atoms with Gasteiger partial charge in [0.05, 0.1) is 6.10 Å². The lowest BCUT2D eigenvalue weighted by Crippen LogP contribution is -2.35. The Kier molecular flexibility index (Phi) is 4.73. The van der Waals surface area contributed by atoms with Crippen molar-refractivity contribution in [2.45, 2.75) is 38.2 Å². The number of nitrogens with one attached hydrogen (secondary N) is 1. The largest absolute Gasteiger partial charge is 0.376 e. The maximum absolute atomic E-state index is 12.1. The zero-order valence-corrected chi connectivity index (χ0v) is 12.7. The second-order valence-corrected chi connectivity index (χ2v) is 5.89. The number of carbonyl (C=O) groups is 2. The average molecular weight is 302 g/mol. The smallest absolute Gasteiger partial charge is 0.251 e. The van der Waals surface area contributed by atoms with Crippen LogP contribution in [0.25, 0.3) is 0 Å². The number of benzene rings is 1. The Morgan fingerprint density at radius 2 is 2.05 bits per heavy atom. The average Bonchev–Trinajstić information content (AvgIpc) is 3.07. The SMILES string of the molecule is O=C(NCC1CCCO1)c1ccc(N2CCCCC2=O)cc1. The fourth-order valence-corrected chi connectivity index (χ4v) is 2.99. The second-order valence-electron chi connectivity index (χ2n) is 5.89. The molecule has 1 aromatic rings. The van der Waals surface area contributed by atoms with Crippen molar-refractivity contribution < 1.29 is 14.3 Å². The Morgan fingerprint density at radius 3 is 2.73 bits per heavy atom. The lowest BCUT2D eigenvalue weighted by Gasteiger charge is -2.26. The normalized spacial score (nSPS) is 21.9. The summed E-state index contributed by atoms with van der Waals surface area (Å²) in [4.78, 5) is 25.8. The number of carbonyl (C=O) groups excluding carboxylic acids is 2. The van der Waals surface area contributed by atoms with E-state index in [2.05, 4.69) is 5.32 Å². The number of rotatable bonds is 4. The monoisotopic (exact) mass is 302 g/mol. The van der Waals surface area contributed by atoms with Gasteiger partial charge in [-0.25, -0.2) is 0 Å². The zero-order valence-electron chi connectivity index (χ0n) is 12.7. The predicted molar refractivity (Wildman–Crippen MR) is 84.0 cm³/mol. The van der Waals surface area contributed by atoms with Crippen LogP contribution in [0, 0.1) is 0 Å². The summed E-state index contributed by atoms with van der Waals surface area (Å²) in [7, 11) is 0. The number of hydrogen-bond donors (Lipinski definition) is 1. The summed E-state index contributed by atoms with van der Waals surface area (Å²) >= 11 is 0. The maximum atomic E-state index is 12.1. The van der Waals surface area contributed by atoms with Crippen LogP contribution in [0.1, 0.15) is 42.5 Å². The van der Waals surface area contributed by atoms with Crippen molar-refractivity contribution in [1.82, 2.24) is 5.32 Å². The molecule has 0 aromatic heterocycles. The number of ether oxygens (including phenoxy) is 1. The highest BCUT2D eigenvalue weighted by Gasteiger charge is 2.20. The van der Waals surface area contributed by atoms with Gasteiger partial charge in [0, 0.05) is 37.4 Å². The van der Waals surface area contributed by atoms with Crippen LogP contribution in [0.5, 0.6) is 0 Å². The molecule has 2 fully saturated rings. The molecule has 0 aliphatic carbocycles. The first-order valence-corrected chi connectivity index (χ1v) is 8.04. The Hall–Kier alpha value is -1.88. The van der Waals surface area contributed by atoms with E-state index in [9.17, 15) is 9.59 Å². The molecule has 2 saturated heterocycles. The lowest BCUT2D eigenvalue weighted by atomic mass is 10.1. The number of piperidine rings is 1. The summed E-state index contributed by atoms with van der Waals surface area (Å²) in [5, 5.41) is 2.90. The van der Waals surface area contributed by atoms with Gasteiger partial charge in [-0.2, -0.15) is 0 Å². The molecular formula is C17H22N2O3. The van der Waals surface area contributed by atoms with Gasteiger partial charge < -0.3 is 15.0 Å². The van der Waals surface area contributed by atoms with Crippen LogP contribution in [-0.2, 0) is 9.53 Å². The lowest BCUT2D eigenvalue weighted by molar-refractivity contribution is -0.119. The van der Waals surface area contributed by atoms with Gasteiger partial charge in [0.1, 0.15) is 0 Å². The van der Waals surface area contributed by atoms with Crippen LogP contribution >= 0.6 is 0 Å². The molecule has 2 amide bonds. The molecule has 1 N–H and O–H groups in total. The first-order valence-electron chi connectivity index (χ1n) is 8.04. The van der Waals surface area contributed by atoms with Crippen LogP contribution in [0.2, 0.25) is 0 Å². The third kappa shape index (κ3) is 3.47. The predicted octanol–water partition coefficient (Wildman–Crippen LogP) is 2.11. The maximum Gasteiger partial charge on any atom is 0.251 e. The van der Waals surface area contributed by atoms with E-state index in [0.717, 1.165) is 44.5 Å². The Morgan fingerprint density at radius 1 is 1.23 bits per heavy atom. The minimum absolute atomic E-state index is 0.0907. The highest BCUT2D eigenvalue weighted by molar-refractivity contribution is 5.96. The molecule has 0 bridgehead atoms. The molecule has 5 heteroatoms. The van der Waals surface area contributed by atoms with E-state index in [4.69, 9.17) is 4.74 Å². The second kappa shape index (κ2) is 6.92. The highest BCUT2D eigenvalue weighted by Crippen LogP contribution is 2.21. The Balaban J connectivity index is 1.58. The molecule has 0 radical (unpaired) electrons. The molecule has 22 heavy (non-hydrogen) atoms. The van der Waals surface area contributed by atoms with Crippen molar-refractivity contribution in [2.24, 2.45) is 0 Å². The van der Waals surface area contributed by atoms with Crippen molar-refractivity contribution in [3.8, 4) is 0 Å². The summed E-state index contributed by atoms with van der Waals surface area (Å²) < 4.78 is 5.49. The topological polar surface area (TPSA) is 58.6 Å². The summed E-state index contributed by atoms with van der Waals surface area (Å²) in [6.45, 7) is 2.12. The van der Waals surface area contributed by atoms with Crippen molar-refractivity contribution in [3.63, 3.8) is 0 Å². The van der Waals surface area contributed by atoms with Crippen LogP contribution in [-0.4, -0.2) is 37.6 Å². The molecule has 2 aliphatic rings. The molecule has 3 rings (SSSR count). The van der Waals surface area contributed by atoms with Gasteiger partial charge in [-0.3, -0.25) is 9.59 Å². The minimum Gasteiger partial charge on any atom is -0.376 e. The van der Waals surface area contributed by atoms with Gasteiger partial charge in [-0.05, 0) is 49.9 Å². The molecule has 0 spiro atoms. The number of amides is 2. The van der Waals surface area contributed by atoms with Crippen molar-refractivity contribution in [2.75, 3.05) is 24.6 Å². The Labute approximate surface area is 130 Å². The molecule has 1 unspecified atom stereocenters. The molecule has 118 valence electrons. The van der Waals surface area contributed by atoms with E-state index in [1.165, 1.54) is 0 Å². The van der Waals surface area contributed by atoms with Gasteiger partial charge >= 0.3 is 0 Å². The van der Waals surface area contributed by atoms with Crippen molar-refractivity contribution in [1.29, 1.82) is 0 Å². The fraction of sp³-hybridized carbons (Fsp3) is 0.529. The van der Waals surface area contributed by atoms with Crippen LogP contribution in [0.15, 0.2) is 24.3 Å². The van der Waals surface area contributed by atoms with Crippen LogP contribution in [0.4, 0.5) is 5.69 Å². The fourth-order valence-electron chi connectivity index (χ4n) is 2.99. The van der Waals surface area contributed by atoms with E-state index < -0.39 is 0 Å². The third-order valence-electron chi connectivity index (χ3n) is 4.28. The van der Waals surface area contributed by atoms with E-state index in [1.54, 1.807) is 17.0 Å². The van der Waals surface area contributed by atoms with Gasteiger partial charge in [-0.15, -0.1) is 0 Å². The number of nitrogens with zero attached hydrogens (tertiary/aromatic N) is 1. The summed E-state index contributed by atoms with van der Waals surface area (Å²) in [6, 6.07) is 7.26. The van der Waals surface area contributed by atoms with Gasteiger partial charge in [0.2, 0.25) is 5.91 Å². The van der Waals surface area contributed by atoms with Gasteiger partial charge in [-0.1, -0.05) is 0 Å². The zero-order chi connectivity index (χ0) is 15.4. The summed E-state index contributed by atoms with van der Waals surface area (Å²) in [5.74, 6) is 0.0776. The molecule has 2 heterocycles.